The Hall–Kier alpha value is -2.77. The van der Waals surface area contributed by atoms with Crippen molar-refractivity contribution >= 4 is 11.6 Å². The summed E-state index contributed by atoms with van der Waals surface area (Å²) in [6.07, 6.45) is 1.35. The first kappa shape index (κ1) is 12.7. The molecule has 0 unspecified atom stereocenters. The summed E-state index contributed by atoms with van der Waals surface area (Å²) in [5.41, 5.74) is 5.33. The number of nitro benzene ring substituents is 1. The molecule has 2 N–H and O–H groups in total. The molecule has 1 heterocycles. The molecule has 0 fully saturated rings. The molecule has 0 amide bonds. The lowest BCUT2D eigenvalue weighted by atomic mass is 10.2. The molecule has 0 aliphatic rings. The maximum atomic E-state index is 13.7. The molecule has 0 saturated carbocycles. The molecule has 0 bridgehead atoms. The highest BCUT2D eigenvalue weighted by Crippen LogP contribution is 2.29. The number of nitrogens with two attached hydrogens (primary N) is 1. The van der Waals surface area contributed by atoms with Crippen LogP contribution in [-0.4, -0.2) is 14.9 Å². The van der Waals surface area contributed by atoms with Gasteiger partial charge in [-0.1, -0.05) is 0 Å². The number of ether oxygens (including phenoxy) is 1. The summed E-state index contributed by atoms with van der Waals surface area (Å²) in [5, 5.41) is 10.6. The number of benzene rings is 1. The lowest BCUT2D eigenvalue weighted by Gasteiger charge is -2.07. The van der Waals surface area contributed by atoms with E-state index in [0.29, 0.717) is 0 Å². The van der Waals surface area contributed by atoms with Crippen LogP contribution in [0.2, 0.25) is 0 Å². The normalized spacial score (nSPS) is 10.2. The van der Waals surface area contributed by atoms with Gasteiger partial charge in [-0.15, -0.1) is 0 Å². The van der Waals surface area contributed by atoms with E-state index in [2.05, 4.69) is 9.97 Å². The largest absolute Gasteiger partial charge is 0.436 e. The number of halogens is 1. The maximum Gasteiger partial charge on any atom is 0.275 e. The van der Waals surface area contributed by atoms with Crippen LogP contribution in [0.4, 0.5) is 16.0 Å². The van der Waals surface area contributed by atoms with E-state index in [1.807, 2.05) is 0 Å². The van der Waals surface area contributed by atoms with Crippen molar-refractivity contribution < 1.29 is 14.1 Å². The molecule has 0 radical (unpaired) electrons. The van der Waals surface area contributed by atoms with Crippen molar-refractivity contribution in [2.24, 2.45) is 0 Å². The van der Waals surface area contributed by atoms with Crippen LogP contribution in [0, 0.1) is 22.9 Å². The van der Waals surface area contributed by atoms with Crippen molar-refractivity contribution in [1.82, 2.24) is 9.97 Å². The van der Waals surface area contributed by atoms with E-state index < -0.39 is 10.7 Å². The summed E-state index contributed by atoms with van der Waals surface area (Å²) >= 11 is 0. The molecule has 1 aromatic heterocycles. The van der Waals surface area contributed by atoms with Crippen LogP contribution in [0.3, 0.4) is 0 Å². The van der Waals surface area contributed by atoms with Crippen molar-refractivity contribution in [1.29, 1.82) is 0 Å². The first-order valence-corrected chi connectivity index (χ1v) is 5.18. The predicted octanol–water partition coefficient (Wildman–Crippen LogP) is 2.21. The summed E-state index contributed by atoms with van der Waals surface area (Å²) in [4.78, 5) is 17.4. The number of nitrogens with zero attached hydrogens (tertiary/aromatic N) is 3. The molecular weight excluding hydrogens is 255 g/mol. The van der Waals surface area contributed by atoms with E-state index in [1.54, 1.807) is 0 Å². The number of anilines is 1. The molecule has 7 nitrogen and oxygen atoms in total. The summed E-state index contributed by atoms with van der Waals surface area (Å²) in [6, 6.07) is 3.42. The second-order valence-corrected chi connectivity index (χ2v) is 3.68. The molecule has 98 valence electrons. The lowest BCUT2D eigenvalue weighted by Crippen LogP contribution is -1.99. The summed E-state index contributed by atoms with van der Waals surface area (Å²) in [5.74, 6) is -0.980. The Morgan fingerprint density at radius 3 is 2.84 bits per heavy atom. The smallest absolute Gasteiger partial charge is 0.275 e. The van der Waals surface area contributed by atoms with Gasteiger partial charge in [-0.3, -0.25) is 10.1 Å². The van der Waals surface area contributed by atoms with Gasteiger partial charge in [0, 0.05) is 17.8 Å². The minimum Gasteiger partial charge on any atom is -0.436 e. The SMILES string of the molecule is Cc1cc(Oc2ccnc(N)n2)c(F)cc1[N+](=O)[O-]. The fourth-order valence-electron chi connectivity index (χ4n) is 1.45. The van der Waals surface area contributed by atoms with Gasteiger partial charge < -0.3 is 10.5 Å². The highest BCUT2D eigenvalue weighted by atomic mass is 19.1. The maximum absolute atomic E-state index is 13.7. The number of nitrogen functional groups attached to an aromatic ring is 1. The lowest BCUT2D eigenvalue weighted by molar-refractivity contribution is -0.385. The van der Waals surface area contributed by atoms with Gasteiger partial charge in [-0.05, 0) is 13.0 Å². The average Bonchev–Trinajstić information content (AvgIpc) is 2.33. The minimum absolute atomic E-state index is 0.0171. The highest BCUT2D eigenvalue weighted by Gasteiger charge is 2.17. The third kappa shape index (κ3) is 2.73. The molecule has 0 atom stereocenters. The molecule has 2 aromatic rings. The van der Waals surface area contributed by atoms with Crippen molar-refractivity contribution in [3.8, 4) is 11.6 Å². The third-order valence-corrected chi connectivity index (χ3v) is 2.31. The van der Waals surface area contributed by atoms with E-state index in [0.717, 1.165) is 6.07 Å². The molecule has 2 rings (SSSR count). The molecule has 0 aliphatic heterocycles. The number of nitro groups is 1. The molecule has 0 saturated heterocycles. The van der Waals surface area contributed by atoms with Crippen molar-refractivity contribution in [3.63, 3.8) is 0 Å². The Bertz CT molecular complexity index is 648. The molecular formula is C11H9FN4O3. The molecule has 8 heteroatoms. The van der Waals surface area contributed by atoms with E-state index in [9.17, 15) is 14.5 Å². The molecule has 0 spiro atoms. The van der Waals surface area contributed by atoms with Crippen LogP contribution < -0.4 is 10.5 Å². The Kier molecular flexibility index (Phi) is 3.23. The fraction of sp³-hybridized carbons (Fsp3) is 0.0909. The van der Waals surface area contributed by atoms with Gasteiger partial charge in [0.15, 0.2) is 11.6 Å². The highest BCUT2D eigenvalue weighted by molar-refractivity contribution is 5.46. The van der Waals surface area contributed by atoms with E-state index in [4.69, 9.17) is 10.5 Å². The standard InChI is InChI=1S/C11H9FN4O3/c1-6-4-9(7(12)5-8(6)16(17)18)19-10-2-3-14-11(13)15-10/h2-5H,1H3,(H2,13,14,15). The van der Waals surface area contributed by atoms with E-state index in [-0.39, 0.29) is 28.8 Å². The molecule has 19 heavy (non-hydrogen) atoms. The zero-order valence-corrected chi connectivity index (χ0v) is 9.83. The van der Waals surface area contributed by atoms with Gasteiger partial charge in [-0.25, -0.2) is 9.37 Å². The van der Waals surface area contributed by atoms with Gasteiger partial charge >= 0.3 is 0 Å². The molecule has 1 aromatic carbocycles. The van der Waals surface area contributed by atoms with Gasteiger partial charge in [0.2, 0.25) is 11.8 Å². The fourth-order valence-corrected chi connectivity index (χ4v) is 1.45. The quantitative estimate of drug-likeness (QED) is 0.673. The average molecular weight is 264 g/mol. The van der Waals surface area contributed by atoms with Crippen LogP contribution in [-0.2, 0) is 0 Å². The van der Waals surface area contributed by atoms with Crippen LogP contribution in [0.15, 0.2) is 24.4 Å². The Labute approximate surface area is 107 Å². The number of aromatic nitrogens is 2. The zero-order valence-electron chi connectivity index (χ0n) is 9.83. The summed E-state index contributed by atoms with van der Waals surface area (Å²) in [6.45, 7) is 1.48. The molecule has 0 aliphatic carbocycles. The van der Waals surface area contributed by atoms with Crippen LogP contribution in [0.5, 0.6) is 11.6 Å². The Morgan fingerprint density at radius 1 is 1.47 bits per heavy atom. The van der Waals surface area contributed by atoms with Gasteiger partial charge in [0.25, 0.3) is 5.69 Å². The van der Waals surface area contributed by atoms with E-state index in [1.165, 1.54) is 25.3 Å². The monoisotopic (exact) mass is 264 g/mol. The third-order valence-electron chi connectivity index (χ3n) is 2.31. The van der Waals surface area contributed by atoms with Crippen molar-refractivity contribution in [2.75, 3.05) is 5.73 Å². The number of aryl methyl sites for hydroxylation is 1. The summed E-state index contributed by atoms with van der Waals surface area (Å²) in [7, 11) is 0. The van der Waals surface area contributed by atoms with E-state index >= 15 is 0 Å². The first-order chi connectivity index (χ1) is 8.97. The topological polar surface area (TPSA) is 104 Å². The zero-order chi connectivity index (χ0) is 14.0. The first-order valence-electron chi connectivity index (χ1n) is 5.18. The minimum atomic E-state index is -0.852. The Morgan fingerprint density at radius 2 is 2.21 bits per heavy atom. The van der Waals surface area contributed by atoms with Gasteiger partial charge in [-0.2, -0.15) is 4.98 Å². The van der Waals surface area contributed by atoms with Crippen LogP contribution in [0.1, 0.15) is 5.56 Å². The van der Waals surface area contributed by atoms with Gasteiger partial charge in [0.05, 0.1) is 11.0 Å². The Balaban J connectivity index is 2.36. The second-order valence-electron chi connectivity index (χ2n) is 3.68. The van der Waals surface area contributed by atoms with Crippen molar-refractivity contribution in [3.05, 3.63) is 45.9 Å². The number of hydrogen-bond acceptors (Lipinski definition) is 6. The number of hydrogen-bond donors (Lipinski definition) is 1. The van der Waals surface area contributed by atoms with Crippen LogP contribution in [0.25, 0.3) is 0 Å². The van der Waals surface area contributed by atoms with Gasteiger partial charge in [0.1, 0.15) is 0 Å². The predicted molar refractivity (Wildman–Crippen MR) is 64.3 cm³/mol. The number of rotatable bonds is 3. The van der Waals surface area contributed by atoms with Crippen molar-refractivity contribution in [2.45, 2.75) is 6.92 Å². The van der Waals surface area contributed by atoms with Crippen LogP contribution >= 0.6 is 0 Å². The summed E-state index contributed by atoms with van der Waals surface area (Å²) < 4.78 is 18.8. The second kappa shape index (κ2) is 4.84.